The van der Waals surface area contributed by atoms with Crippen LogP contribution in [-0.4, -0.2) is 25.1 Å². The average Bonchev–Trinajstić information content (AvgIpc) is 2.54. The van der Waals surface area contributed by atoms with E-state index >= 15 is 0 Å². The number of methoxy groups -OCH3 is 1. The molecule has 0 aromatic heterocycles. The van der Waals surface area contributed by atoms with Gasteiger partial charge in [0, 0.05) is 5.75 Å². The molecule has 0 bridgehead atoms. The summed E-state index contributed by atoms with van der Waals surface area (Å²) >= 11 is 1.74. The highest BCUT2D eigenvalue weighted by molar-refractivity contribution is 7.98. The van der Waals surface area contributed by atoms with Crippen LogP contribution in [0.1, 0.15) is 90.4 Å². The summed E-state index contributed by atoms with van der Waals surface area (Å²) in [6, 6.07) is 0. The lowest BCUT2D eigenvalue weighted by Crippen LogP contribution is -2.18. The molecule has 0 amide bonds. The SMILES string of the molecule is CCCCCCCCCCCCCC[C@@H](CSC)C(=O)OC. The largest absolute Gasteiger partial charge is 0.469 e. The van der Waals surface area contributed by atoms with Gasteiger partial charge in [-0.15, -0.1) is 0 Å². The van der Waals surface area contributed by atoms with E-state index in [1.807, 2.05) is 0 Å². The molecule has 0 radical (unpaired) electrons. The normalized spacial score (nSPS) is 12.3. The van der Waals surface area contributed by atoms with Crippen LogP contribution in [0.4, 0.5) is 0 Å². The maximum absolute atomic E-state index is 11.6. The third kappa shape index (κ3) is 13.5. The molecule has 3 heteroatoms. The van der Waals surface area contributed by atoms with Gasteiger partial charge >= 0.3 is 5.97 Å². The van der Waals surface area contributed by atoms with E-state index < -0.39 is 0 Å². The molecule has 0 saturated heterocycles. The highest BCUT2D eigenvalue weighted by Crippen LogP contribution is 2.17. The highest BCUT2D eigenvalue weighted by atomic mass is 32.2. The molecule has 0 aliphatic rings. The second kappa shape index (κ2) is 17.2. The fourth-order valence-corrected chi connectivity index (χ4v) is 3.57. The third-order valence-corrected chi connectivity index (χ3v) is 5.04. The van der Waals surface area contributed by atoms with Crippen LogP contribution in [0.5, 0.6) is 0 Å². The Bertz CT molecular complexity index is 244. The first-order valence-corrected chi connectivity index (χ1v) is 10.7. The van der Waals surface area contributed by atoms with Gasteiger partial charge in [-0.25, -0.2) is 0 Å². The van der Waals surface area contributed by atoms with Crippen LogP contribution in [0, 0.1) is 5.92 Å². The van der Waals surface area contributed by atoms with Crippen LogP contribution in [0.15, 0.2) is 0 Å². The van der Waals surface area contributed by atoms with Gasteiger partial charge in [-0.3, -0.25) is 4.79 Å². The molecule has 0 unspecified atom stereocenters. The highest BCUT2D eigenvalue weighted by Gasteiger charge is 2.17. The number of carbonyl (C=O) groups is 1. The van der Waals surface area contributed by atoms with Crippen LogP contribution < -0.4 is 0 Å². The molecule has 0 spiro atoms. The molecule has 0 aromatic carbocycles. The molecule has 0 aromatic rings. The Balaban J connectivity index is 3.33. The topological polar surface area (TPSA) is 26.3 Å². The quantitative estimate of drug-likeness (QED) is 0.248. The van der Waals surface area contributed by atoms with Gasteiger partial charge in [0.1, 0.15) is 0 Å². The fourth-order valence-electron chi connectivity index (χ4n) is 2.87. The molecule has 0 saturated carbocycles. The molecular weight excluding hydrogens is 292 g/mol. The van der Waals surface area contributed by atoms with Gasteiger partial charge in [-0.2, -0.15) is 11.8 Å². The smallest absolute Gasteiger partial charge is 0.309 e. The van der Waals surface area contributed by atoms with Gasteiger partial charge in [0.15, 0.2) is 0 Å². The first-order chi connectivity index (χ1) is 10.8. The number of rotatable bonds is 16. The zero-order valence-corrected chi connectivity index (χ0v) is 16.0. The molecule has 0 fully saturated rings. The van der Waals surface area contributed by atoms with Gasteiger partial charge in [0.2, 0.25) is 0 Å². The number of hydrogen-bond donors (Lipinski definition) is 0. The maximum Gasteiger partial charge on any atom is 0.309 e. The molecule has 0 aliphatic heterocycles. The number of ether oxygens (including phenoxy) is 1. The van der Waals surface area contributed by atoms with E-state index in [4.69, 9.17) is 4.74 Å². The Labute approximate surface area is 143 Å². The van der Waals surface area contributed by atoms with Crippen molar-refractivity contribution in [3.8, 4) is 0 Å². The Kier molecular flexibility index (Phi) is 17.0. The van der Waals surface area contributed by atoms with E-state index in [2.05, 4.69) is 13.2 Å². The number of thioether (sulfide) groups is 1. The predicted octanol–water partition coefficient (Wildman–Crippen LogP) is 6.23. The first kappa shape index (κ1) is 21.8. The number of unbranched alkanes of at least 4 members (excludes halogenated alkanes) is 11. The Morgan fingerprint density at radius 3 is 1.73 bits per heavy atom. The third-order valence-electron chi connectivity index (χ3n) is 4.31. The predicted molar refractivity (Wildman–Crippen MR) is 99.6 cm³/mol. The van der Waals surface area contributed by atoms with Crippen molar-refractivity contribution in [3.63, 3.8) is 0 Å². The van der Waals surface area contributed by atoms with Crippen molar-refractivity contribution in [1.29, 1.82) is 0 Å². The summed E-state index contributed by atoms with van der Waals surface area (Å²) in [5.41, 5.74) is 0. The van der Waals surface area contributed by atoms with Crippen molar-refractivity contribution in [1.82, 2.24) is 0 Å². The molecule has 0 rings (SSSR count). The molecule has 132 valence electrons. The zero-order valence-electron chi connectivity index (χ0n) is 15.2. The van der Waals surface area contributed by atoms with Gasteiger partial charge in [0.25, 0.3) is 0 Å². The molecular formula is C19H38O2S. The van der Waals surface area contributed by atoms with Crippen molar-refractivity contribution in [3.05, 3.63) is 0 Å². The minimum atomic E-state index is -0.0302. The number of carbonyl (C=O) groups excluding carboxylic acids is 1. The monoisotopic (exact) mass is 330 g/mol. The Hall–Kier alpha value is -0.180. The van der Waals surface area contributed by atoms with E-state index in [1.54, 1.807) is 11.8 Å². The molecule has 0 heterocycles. The summed E-state index contributed by atoms with van der Waals surface area (Å²) in [6.45, 7) is 2.27. The van der Waals surface area contributed by atoms with Crippen molar-refractivity contribution < 1.29 is 9.53 Å². The Morgan fingerprint density at radius 1 is 0.864 bits per heavy atom. The van der Waals surface area contributed by atoms with E-state index in [-0.39, 0.29) is 11.9 Å². The molecule has 22 heavy (non-hydrogen) atoms. The van der Waals surface area contributed by atoms with Gasteiger partial charge in [-0.1, -0.05) is 84.0 Å². The lowest BCUT2D eigenvalue weighted by molar-refractivity contribution is -0.144. The Morgan fingerprint density at radius 2 is 1.32 bits per heavy atom. The first-order valence-electron chi connectivity index (χ1n) is 9.33. The lowest BCUT2D eigenvalue weighted by Gasteiger charge is -2.12. The van der Waals surface area contributed by atoms with Crippen molar-refractivity contribution in [2.45, 2.75) is 90.4 Å². The van der Waals surface area contributed by atoms with Gasteiger partial charge in [0.05, 0.1) is 13.0 Å². The summed E-state index contributed by atoms with van der Waals surface area (Å²) in [7, 11) is 1.50. The second-order valence-electron chi connectivity index (χ2n) is 6.35. The van der Waals surface area contributed by atoms with Gasteiger partial charge in [-0.05, 0) is 12.7 Å². The van der Waals surface area contributed by atoms with E-state index in [1.165, 1.54) is 77.7 Å². The minimum absolute atomic E-state index is 0.0302. The molecule has 0 N–H and O–H groups in total. The average molecular weight is 331 g/mol. The minimum Gasteiger partial charge on any atom is -0.469 e. The summed E-state index contributed by atoms with van der Waals surface area (Å²) in [5, 5.41) is 0. The fraction of sp³-hybridized carbons (Fsp3) is 0.947. The summed E-state index contributed by atoms with van der Waals surface area (Å²) in [5.74, 6) is 0.964. The number of hydrogen-bond acceptors (Lipinski definition) is 3. The van der Waals surface area contributed by atoms with Crippen LogP contribution in [0.3, 0.4) is 0 Å². The summed E-state index contributed by atoms with van der Waals surface area (Å²) < 4.78 is 4.87. The summed E-state index contributed by atoms with van der Waals surface area (Å²) in [6.07, 6.45) is 19.4. The maximum atomic E-state index is 11.6. The molecule has 2 nitrogen and oxygen atoms in total. The molecule has 1 atom stereocenters. The number of esters is 1. The molecule has 0 aliphatic carbocycles. The van der Waals surface area contributed by atoms with Crippen molar-refractivity contribution in [2.24, 2.45) is 5.92 Å². The van der Waals surface area contributed by atoms with Crippen molar-refractivity contribution >= 4 is 17.7 Å². The zero-order chi connectivity index (χ0) is 16.5. The van der Waals surface area contributed by atoms with Crippen LogP contribution in [0.25, 0.3) is 0 Å². The van der Waals surface area contributed by atoms with Crippen molar-refractivity contribution in [2.75, 3.05) is 19.1 Å². The summed E-state index contributed by atoms with van der Waals surface area (Å²) in [4.78, 5) is 11.6. The van der Waals surface area contributed by atoms with Crippen LogP contribution in [0.2, 0.25) is 0 Å². The van der Waals surface area contributed by atoms with Crippen LogP contribution in [-0.2, 0) is 9.53 Å². The van der Waals surface area contributed by atoms with E-state index in [0.29, 0.717) is 0 Å². The van der Waals surface area contributed by atoms with E-state index in [0.717, 1.165) is 18.6 Å². The van der Waals surface area contributed by atoms with Gasteiger partial charge < -0.3 is 4.74 Å². The van der Waals surface area contributed by atoms with Crippen LogP contribution >= 0.6 is 11.8 Å². The standard InChI is InChI=1S/C19H38O2S/c1-4-5-6-7-8-9-10-11-12-13-14-15-16-18(17-22-3)19(20)21-2/h18H,4-17H2,1-3H3/t18-/m0/s1. The second-order valence-corrected chi connectivity index (χ2v) is 7.26. The lowest BCUT2D eigenvalue weighted by atomic mass is 10.0. The van der Waals surface area contributed by atoms with E-state index in [9.17, 15) is 4.79 Å².